The molecule has 3 aromatic rings. The molecule has 0 bridgehead atoms. The fourth-order valence-corrected chi connectivity index (χ4v) is 4.67. The Balaban J connectivity index is 1.41. The zero-order valence-corrected chi connectivity index (χ0v) is 20.1. The summed E-state index contributed by atoms with van der Waals surface area (Å²) in [5, 5.41) is 2.01. The van der Waals surface area contributed by atoms with Crippen molar-refractivity contribution in [3.05, 3.63) is 93.4 Å². The van der Waals surface area contributed by atoms with Crippen LogP contribution in [0.25, 0.3) is 0 Å². The predicted molar refractivity (Wildman–Crippen MR) is 131 cm³/mol. The third kappa shape index (κ3) is 6.74. The van der Waals surface area contributed by atoms with E-state index in [9.17, 15) is 14.0 Å². The first kappa shape index (κ1) is 24.1. The average Bonchev–Trinajstić information content (AvgIpc) is 3.60. The lowest BCUT2D eigenvalue weighted by Gasteiger charge is -2.28. The quantitative estimate of drug-likeness (QED) is 0.391. The van der Waals surface area contributed by atoms with Crippen LogP contribution < -0.4 is 0 Å². The Labute approximate surface area is 203 Å². The molecular weight excluding hydrogens is 451 g/mol. The van der Waals surface area contributed by atoms with Crippen LogP contribution in [0.3, 0.4) is 0 Å². The minimum Gasteiger partial charge on any atom is -0.367 e. The summed E-state index contributed by atoms with van der Waals surface area (Å²) >= 11 is 1.61. The van der Waals surface area contributed by atoms with Crippen LogP contribution >= 0.6 is 11.3 Å². The minimum atomic E-state index is -0.309. The largest absolute Gasteiger partial charge is 0.367 e. The number of hydrogen-bond acceptors (Lipinski definition) is 4. The standard InChI is InChI=1S/C27H29FN2O3S/c1-20-13-14-34-25(20)16-29(15-21-7-9-23(28)10-8-21)26(31)17-30(24-11-12-24)27(32)19-33-18-22-5-3-2-4-6-22/h2-10,13-14,24H,11-12,15-19H2,1H3. The van der Waals surface area contributed by atoms with Gasteiger partial charge in [0.25, 0.3) is 0 Å². The van der Waals surface area contributed by atoms with E-state index in [1.807, 2.05) is 48.7 Å². The minimum absolute atomic E-state index is 0.0177. The lowest BCUT2D eigenvalue weighted by Crippen LogP contribution is -2.44. The van der Waals surface area contributed by atoms with Gasteiger partial charge < -0.3 is 14.5 Å². The Morgan fingerprint density at radius 3 is 2.35 bits per heavy atom. The predicted octanol–water partition coefficient (Wildman–Crippen LogP) is 4.93. The molecule has 0 N–H and O–H groups in total. The van der Waals surface area contributed by atoms with E-state index in [4.69, 9.17) is 4.74 Å². The van der Waals surface area contributed by atoms with Gasteiger partial charge in [-0.2, -0.15) is 0 Å². The van der Waals surface area contributed by atoms with Gasteiger partial charge in [-0.05, 0) is 60.0 Å². The Bertz CT molecular complexity index is 1100. The fraction of sp³-hybridized carbons (Fsp3) is 0.333. The van der Waals surface area contributed by atoms with E-state index in [1.54, 1.807) is 33.3 Å². The first-order chi connectivity index (χ1) is 16.5. The first-order valence-corrected chi connectivity index (χ1v) is 12.3. The number of carbonyl (C=O) groups excluding carboxylic acids is 2. The van der Waals surface area contributed by atoms with Gasteiger partial charge in [-0.3, -0.25) is 9.59 Å². The maximum absolute atomic E-state index is 13.4. The van der Waals surface area contributed by atoms with Crippen molar-refractivity contribution in [2.75, 3.05) is 13.2 Å². The van der Waals surface area contributed by atoms with Crippen molar-refractivity contribution >= 4 is 23.2 Å². The molecule has 5 nitrogen and oxygen atoms in total. The molecule has 1 aliphatic carbocycles. The smallest absolute Gasteiger partial charge is 0.249 e. The van der Waals surface area contributed by atoms with Crippen molar-refractivity contribution < 1.29 is 18.7 Å². The summed E-state index contributed by atoms with van der Waals surface area (Å²) in [5.74, 6) is -0.599. The van der Waals surface area contributed by atoms with Crippen molar-refractivity contribution in [3.63, 3.8) is 0 Å². The molecule has 0 saturated heterocycles. The Kier molecular flexibility index (Phi) is 8.08. The third-order valence-electron chi connectivity index (χ3n) is 5.89. The number of ether oxygens (including phenoxy) is 1. The van der Waals surface area contributed by atoms with Crippen LogP contribution in [0.5, 0.6) is 0 Å². The SMILES string of the molecule is Cc1ccsc1CN(Cc1ccc(F)cc1)C(=O)CN(C(=O)COCc1ccccc1)C1CC1. The van der Waals surface area contributed by atoms with Crippen LogP contribution in [0.4, 0.5) is 4.39 Å². The molecule has 7 heteroatoms. The molecule has 1 fully saturated rings. The summed E-state index contributed by atoms with van der Waals surface area (Å²) < 4.78 is 19.0. The van der Waals surface area contributed by atoms with Crippen LogP contribution in [-0.2, 0) is 34.0 Å². The van der Waals surface area contributed by atoms with Crippen molar-refractivity contribution in [2.24, 2.45) is 0 Å². The van der Waals surface area contributed by atoms with E-state index in [2.05, 4.69) is 0 Å². The van der Waals surface area contributed by atoms with Crippen LogP contribution in [0.2, 0.25) is 0 Å². The monoisotopic (exact) mass is 480 g/mol. The van der Waals surface area contributed by atoms with Crippen molar-refractivity contribution in [3.8, 4) is 0 Å². The lowest BCUT2D eigenvalue weighted by molar-refractivity contribution is -0.144. The lowest BCUT2D eigenvalue weighted by atomic mass is 10.2. The highest BCUT2D eigenvalue weighted by atomic mass is 32.1. The fourth-order valence-electron chi connectivity index (χ4n) is 3.75. The second-order valence-corrected chi connectivity index (χ2v) is 9.63. The molecule has 0 aliphatic heterocycles. The van der Waals surface area contributed by atoms with Gasteiger partial charge in [0.15, 0.2) is 0 Å². The summed E-state index contributed by atoms with van der Waals surface area (Å²) in [7, 11) is 0. The molecule has 0 atom stereocenters. The highest BCUT2D eigenvalue weighted by molar-refractivity contribution is 7.10. The molecule has 4 rings (SSSR count). The topological polar surface area (TPSA) is 49.9 Å². The highest BCUT2D eigenvalue weighted by Crippen LogP contribution is 2.27. The molecule has 2 aromatic carbocycles. The number of aryl methyl sites for hydroxylation is 1. The highest BCUT2D eigenvalue weighted by Gasteiger charge is 2.34. The molecule has 0 unspecified atom stereocenters. The average molecular weight is 481 g/mol. The normalized spacial score (nSPS) is 13.0. The zero-order valence-electron chi connectivity index (χ0n) is 19.3. The summed E-state index contributed by atoms with van der Waals surface area (Å²) in [4.78, 5) is 30.9. The Hall–Kier alpha value is -3.03. The second kappa shape index (κ2) is 11.4. The second-order valence-electron chi connectivity index (χ2n) is 8.63. The summed E-state index contributed by atoms with van der Waals surface area (Å²) in [6.07, 6.45) is 1.80. The number of carbonyl (C=O) groups is 2. The molecule has 34 heavy (non-hydrogen) atoms. The Morgan fingerprint density at radius 1 is 0.971 bits per heavy atom. The van der Waals surface area contributed by atoms with Crippen LogP contribution in [0.15, 0.2) is 66.0 Å². The molecule has 1 aromatic heterocycles. The molecule has 1 heterocycles. The maximum Gasteiger partial charge on any atom is 0.249 e. The van der Waals surface area contributed by atoms with E-state index >= 15 is 0 Å². The van der Waals surface area contributed by atoms with Gasteiger partial charge >= 0.3 is 0 Å². The van der Waals surface area contributed by atoms with Crippen molar-refractivity contribution in [1.29, 1.82) is 0 Å². The Morgan fingerprint density at radius 2 is 1.71 bits per heavy atom. The number of amides is 2. The van der Waals surface area contributed by atoms with Crippen LogP contribution in [-0.4, -0.2) is 40.8 Å². The van der Waals surface area contributed by atoms with E-state index in [0.29, 0.717) is 19.7 Å². The molecule has 1 aliphatic rings. The molecule has 1 saturated carbocycles. The van der Waals surface area contributed by atoms with Gasteiger partial charge in [0.2, 0.25) is 11.8 Å². The van der Waals surface area contributed by atoms with Gasteiger partial charge in [-0.15, -0.1) is 11.3 Å². The van der Waals surface area contributed by atoms with Gasteiger partial charge in [0.1, 0.15) is 19.0 Å². The van der Waals surface area contributed by atoms with E-state index in [-0.39, 0.29) is 36.8 Å². The number of thiophene rings is 1. The number of halogens is 1. The van der Waals surface area contributed by atoms with Crippen molar-refractivity contribution in [1.82, 2.24) is 9.80 Å². The van der Waals surface area contributed by atoms with Gasteiger partial charge in [0, 0.05) is 17.5 Å². The summed E-state index contributed by atoms with van der Waals surface area (Å²) in [6, 6.07) is 18.0. The third-order valence-corrected chi connectivity index (χ3v) is 6.90. The summed E-state index contributed by atoms with van der Waals surface area (Å²) in [5.41, 5.74) is 2.98. The van der Waals surface area contributed by atoms with Crippen LogP contribution in [0, 0.1) is 12.7 Å². The van der Waals surface area contributed by atoms with Gasteiger partial charge in [-0.25, -0.2) is 4.39 Å². The number of nitrogens with zero attached hydrogens (tertiary/aromatic N) is 2. The van der Waals surface area contributed by atoms with E-state index in [1.165, 1.54) is 12.1 Å². The molecule has 2 amide bonds. The molecular formula is C27H29FN2O3S. The van der Waals surface area contributed by atoms with E-state index in [0.717, 1.165) is 34.4 Å². The summed E-state index contributed by atoms with van der Waals surface area (Å²) in [6.45, 7) is 3.15. The molecule has 0 spiro atoms. The van der Waals surface area contributed by atoms with Gasteiger partial charge in [-0.1, -0.05) is 42.5 Å². The molecule has 178 valence electrons. The number of benzene rings is 2. The maximum atomic E-state index is 13.4. The molecule has 0 radical (unpaired) electrons. The first-order valence-electron chi connectivity index (χ1n) is 11.5. The van der Waals surface area contributed by atoms with E-state index < -0.39 is 0 Å². The number of rotatable bonds is 11. The van der Waals surface area contributed by atoms with Crippen molar-refractivity contribution in [2.45, 2.75) is 45.5 Å². The van der Waals surface area contributed by atoms with Crippen LogP contribution in [0.1, 0.15) is 34.4 Å². The van der Waals surface area contributed by atoms with Gasteiger partial charge in [0.05, 0.1) is 13.2 Å². The zero-order chi connectivity index (χ0) is 23.9. The number of hydrogen-bond donors (Lipinski definition) is 0.